The minimum Gasteiger partial charge on any atom is -0.497 e. The normalized spacial score (nSPS) is 12.3. The van der Waals surface area contributed by atoms with Crippen molar-refractivity contribution in [3.05, 3.63) is 185 Å². The SMILES string of the molecule is COc1cccc(-c2ncc(Br)cc2Nc2c(C)c(-c3ccccn3)nc3cc(F)cc(F)c23)c1.COc1cccc(-c2ncc(N3CCOCC3)cc2Nc2c(C)c(-c3ccccn3)nc3cc(F)cc(F)c23)c1. The molecule has 1 aliphatic rings. The van der Waals surface area contributed by atoms with Crippen LogP contribution in [0.3, 0.4) is 0 Å². The second kappa shape index (κ2) is 21.9. The third kappa shape index (κ3) is 10.6. The molecule has 1 saturated heterocycles. The van der Waals surface area contributed by atoms with Crippen molar-refractivity contribution in [3.63, 3.8) is 0 Å². The van der Waals surface area contributed by atoms with Crippen molar-refractivity contribution in [2.24, 2.45) is 0 Å². The smallest absolute Gasteiger partial charge is 0.137 e. The molecule has 17 heteroatoms. The second-order valence-corrected chi connectivity index (χ2v) is 18.3. The fraction of sp³-hybridized carbons (Fsp3) is 0.138. The van der Waals surface area contributed by atoms with Crippen LogP contribution in [-0.4, -0.2) is 70.4 Å². The summed E-state index contributed by atoms with van der Waals surface area (Å²) in [4.78, 5) is 29.7. The van der Waals surface area contributed by atoms with Crippen LogP contribution in [0.1, 0.15) is 11.1 Å². The molecule has 0 saturated carbocycles. The quantitative estimate of drug-likeness (QED) is 0.120. The number of morpholine rings is 1. The van der Waals surface area contributed by atoms with Crippen molar-refractivity contribution in [1.82, 2.24) is 29.9 Å². The van der Waals surface area contributed by atoms with Gasteiger partial charge in [0.25, 0.3) is 0 Å². The first-order valence-electron chi connectivity index (χ1n) is 23.7. The maximum Gasteiger partial charge on any atom is 0.137 e. The van der Waals surface area contributed by atoms with Gasteiger partial charge in [-0.25, -0.2) is 27.5 Å². The van der Waals surface area contributed by atoms with Crippen molar-refractivity contribution < 1.29 is 31.8 Å². The zero-order valence-corrected chi connectivity index (χ0v) is 42.5. The molecule has 376 valence electrons. The van der Waals surface area contributed by atoms with Gasteiger partial charge in [0.2, 0.25) is 0 Å². The summed E-state index contributed by atoms with van der Waals surface area (Å²) in [5, 5.41) is 7.21. The van der Waals surface area contributed by atoms with E-state index >= 15 is 8.78 Å². The van der Waals surface area contributed by atoms with Crippen molar-refractivity contribution in [1.29, 1.82) is 0 Å². The molecule has 0 atom stereocenters. The molecule has 7 heterocycles. The van der Waals surface area contributed by atoms with E-state index in [0.29, 0.717) is 92.8 Å². The summed E-state index contributed by atoms with van der Waals surface area (Å²) in [7, 11) is 3.21. The Kier molecular flexibility index (Phi) is 14.6. The molecule has 1 fully saturated rings. The Morgan fingerprint density at radius 1 is 0.547 bits per heavy atom. The number of aromatic nitrogens is 6. The Labute approximate surface area is 437 Å². The minimum absolute atomic E-state index is 0.181. The number of methoxy groups -OCH3 is 2. The van der Waals surface area contributed by atoms with E-state index in [1.54, 1.807) is 38.9 Å². The molecule has 0 aliphatic carbocycles. The van der Waals surface area contributed by atoms with Gasteiger partial charge in [-0.2, -0.15) is 0 Å². The number of anilines is 5. The third-order valence-electron chi connectivity index (χ3n) is 12.6. The van der Waals surface area contributed by atoms with Gasteiger partial charge in [-0.05, 0) is 90.4 Å². The zero-order chi connectivity index (χ0) is 52.2. The van der Waals surface area contributed by atoms with Crippen molar-refractivity contribution in [2.45, 2.75) is 13.8 Å². The maximum absolute atomic E-state index is 15.4. The van der Waals surface area contributed by atoms with Crippen LogP contribution in [0.5, 0.6) is 11.5 Å². The Bertz CT molecular complexity index is 3740. The fourth-order valence-electron chi connectivity index (χ4n) is 8.98. The lowest BCUT2D eigenvalue weighted by Gasteiger charge is -2.29. The van der Waals surface area contributed by atoms with Crippen LogP contribution in [0.4, 0.5) is 46.0 Å². The molecule has 2 N–H and O–H groups in total. The van der Waals surface area contributed by atoms with Gasteiger partial charge in [0.1, 0.15) is 34.8 Å². The minimum atomic E-state index is -0.712. The summed E-state index contributed by atoms with van der Waals surface area (Å²) >= 11 is 3.48. The van der Waals surface area contributed by atoms with Crippen molar-refractivity contribution in [2.75, 3.05) is 56.1 Å². The molecule has 0 unspecified atom stereocenters. The predicted molar refractivity (Wildman–Crippen MR) is 289 cm³/mol. The van der Waals surface area contributed by atoms with Gasteiger partial charge in [0.15, 0.2) is 0 Å². The lowest BCUT2D eigenvalue weighted by atomic mass is 10.0. The molecule has 0 spiro atoms. The van der Waals surface area contributed by atoms with Crippen molar-refractivity contribution in [3.8, 4) is 56.8 Å². The first kappa shape index (κ1) is 50.0. The third-order valence-corrected chi connectivity index (χ3v) is 13.1. The van der Waals surface area contributed by atoms with Gasteiger partial charge in [0.05, 0.1) is 118 Å². The van der Waals surface area contributed by atoms with Gasteiger partial charge in [-0.15, -0.1) is 0 Å². The van der Waals surface area contributed by atoms with E-state index in [0.717, 1.165) is 46.5 Å². The van der Waals surface area contributed by atoms with Gasteiger partial charge in [0, 0.05) is 82.7 Å². The van der Waals surface area contributed by atoms with E-state index in [4.69, 9.17) is 19.2 Å². The number of nitrogens with zero attached hydrogens (tertiary/aromatic N) is 7. The lowest BCUT2D eigenvalue weighted by Crippen LogP contribution is -2.36. The molecule has 75 heavy (non-hydrogen) atoms. The summed E-state index contributed by atoms with van der Waals surface area (Å²) in [5.41, 5.74) is 9.99. The molecule has 0 radical (unpaired) electrons. The highest BCUT2D eigenvalue weighted by Gasteiger charge is 2.23. The van der Waals surface area contributed by atoms with Gasteiger partial charge >= 0.3 is 0 Å². The molecule has 4 aromatic carbocycles. The van der Waals surface area contributed by atoms with Crippen LogP contribution in [0.2, 0.25) is 0 Å². The number of fused-ring (bicyclic) bond motifs is 2. The summed E-state index contributed by atoms with van der Waals surface area (Å²) in [6.07, 6.45) is 6.83. The van der Waals surface area contributed by atoms with E-state index in [1.165, 1.54) is 12.1 Å². The summed E-state index contributed by atoms with van der Waals surface area (Å²) in [5.74, 6) is -1.45. The number of hydrogen-bond acceptors (Lipinski definition) is 12. The Balaban J connectivity index is 0.000000173. The highest BCUT2D eigenvalue weighted by Crippen LogP contribution is 2.42. The number of ether oxygens (including phenoxy) is 3. The molecular weight excluding hydrogens is 1030 g/mol. The average Bonchev–Trinajstić information content (AvgIpc) is 3.43. The number of pyridine rings is 6. The van der Waals surface area contributed by atoms with Gasteiger partial charge in [-0.3, -0.25) is 19.9 Å². The predicted octanol–water partition coefficient (Wildman–Crippen LogP) is 14.0. The fourth-order valence-corrected chi connectivity index (χ4v) is 9.31. The molecule has 1 aliphatic heterocycles. The molecule has 6 aromatic heterocycles. The van der Waals surface area contributed by atoms with E-state index in [-0.39, 0.29) is 21.8 Å². The van der Waals surface area contributed by atoms with E-state index < -0.39 is 23.3 Å². The largest absolute Gasteiger partial charge is 0.497 e. The second-order valence-electron chi connectivity index (χ2n) is 17.4. The summed E-state index contributed by atoms with van der Waals surface area (Å²) in [6, 6.07) is 34.1. The first-order chi connectivity index (χ1) is 36.5. The molecule has 11 rings (SSSR count). The van der Waals surface area contributed by atoms with Crippen LogP contribution in [0, 0.1) is 37.1 Å². The lowest BCUT2D eigenvalue weighted by molar-refractivity contribution is 0.122. The van der Waals surface area contributed by atoms with Crippen LogP contribution in [0.15, 0.2) is 151 Å². The number of benzene rings is 4. The Morgan fingerprint density at radius 3 is 1.52 bits per heavy atom. The topological polar surface area (TPSA) is 132 Å². The van der Waals surface area contributed by atoms with Crippen LogP contribution >= 0.6 is 15.9 Å². The average molecular weight is 1070 g/mol. The van der Waals surface area contributed by atoms with Crippen LogP contribution in [0.25, 0.3) is 67.1 Å². The molecule has 12 nitrogen and oxygen atoms in total. The standard InChI is InChI=1S/C31H27F2N5O2.C27H19BrF2N4O/c1-19-29(25-8-3-4-9-34-25)36-26-16-21(32)15-24(33)28(26)30(19)37-27-17-22(38-10-12-40-13-11-38)18-35-31(27)20-6-5-7-23(14-20)39-2;1-15-25(21-8-3-4-9-31-21)33-22-13-18(29)12-20(30)24(22)26(15)34-23-11-17(28)14-32-27(23)16-6-5-7-19(10-16)35-2/h3-9,14-18H,10-13H2,1-2H3,(H,36,37);3-14H,1-2H3,(H,33,34). The van der Waals surface area contributed by atoms with Crippen LogP contribution < -0.4 is 25.0 Å². The Hall–Kier alpha value is -8.54. The zero-order valence-electron chi connectivity index (χ0n) is 40.9. The summed E-state index contributed by atoms with van der Waals surface area (Å²) < 4.78 is 76.2. The molecular formula is C58H46BrF4N9O3. The number of hydrogen-bond donors (Lipinski definition) is 2. The number of halogens is 5. The van der Waals surface area contributed by atoms with Gasteiger partial charge < -0.3 is 29.7 Å². The van der Waals surface area contributed by atoms with E-state index in [9.17, 15) is 8.78 Å². The van der Waals surface area contributed by atoms with Gasteiger partial charge in [-0.1, -0.05) is 36.4 Å². The number of rotatable bonds is 11. The van der Waals surface area contributed by atoms with E-state index in [2.05, 4.69) is 56.4 Å². The van der Waals surface area contributed by atoms with Crippen molar-refractivity contribution >= 4 is 66.2 Å². The molecule has 0 bridgehead atoms. The maximum atomic E-state index is 15.4. The first-order valence-corrected chi connectivity index (χ1v) is 24.5. The highest BCUT2D eigenvalue weighted by molar-refractivity contribution is 9.10. The number of nitrogens with one attached hydrogen (secondary N) is 2. The molecule has 0 amide bonds. The van der Waals surface area contributed by atoms with E-state index in [1.807, 2.05) is 111 Å². The van der Waals surface area contributed by atoms with Crippen LogP contribution in [-0.2, 0) is 4.74 Å². The highest BCUT2D eigenvalue weighted by atomic mass is 79.9. The molecule has 10 aromatic rings. The summed E-state index contributed by atoms with van der Waals surface area (Å²) in [6.45, 7) is 6.39. The Morgan fingerprint density at radius 2 is 1.04 bits per heavy atom. The monoisotopic (exact) mass is 1070 g/mol.